The van der Waals surface area contributed by atoms with Crippen molar-refractivity contribution in [1.82, 2.24) is 19.7 Å². The average Bonchev–Trinajstić information content (AvgIpc) is 3.11. The number of carbonyl (C=O) groups excluding carboxylic acids is 1. The molecule has 0 aliphatic carbocycles. The Morgan fingerprint density at radius 3 is 2.71 bits per heavy atom. The molecule has 1 aromatic carbocycles. The summed E-state index contributed by atoms with van der Waals surface area (Å²) in [4.78, 5) is 21.5. The van der Waals surface area contributed by atoms with Crippen LogP contribution in [0.4, 0.5) is 5.69 Å². The van der Waals surface area contributed by atoms with Crippen molar-refractivity contribution in [2.45, 2.75) is 20.5 Å². The Labute approximate surface area is 184 Å². The summed E-state index contributed by atoms with van der Waals surface area (Å²) >= 11 is 6.25. The van der Waals surface area contributed by atoms with E-state index in [9.17, 15) is 4.79 Å². The predicted molar refractivity (Wildman–Crippen MR) is 119 cm³/mol. The zero-order valence-corrected chi connectivity index (χ0v) is 17.8. The van der Waals surface area contributed by atoms with Crippen molar-refractivity contribution in [2.75, 3.05) is 5.32 Å². The molecule has 31 heavy (non-hydrogen) atoms. The van der Waals surface area contributed by atoms with E-state index in [1.54, 1.807) is 41.2 Å². The van der Waals surface area contributed by atoms with Gasteiger partial charge < -0.3 is 10.1 Å². The fourth-order valence-electron chi connectivity index (χ4n) is 3.06. The van der Waals surface area contributed by atoms with E-state index in [1.165, 1.54) is 0 Å². The summed E-state index contributed by atoms with van der Waals surface area (Å²) in [6.07, 6.45) is 1.71. The van der Waals surface area contributed by atoms with Crippen LogP contribution in [-0.4, -0.2) is 25.7 Å². The zero-order chi connectivity index (χ0) is 21.8. The molecule has 0 spiro atoms. The van der Waals surface area contributed by atoms with Crippen LogP contribution >= 0.6 is 11.6 Å². The molecule has 0 aliphatic rings. The Balaban J connectivity index is 1.50. The topological polar surface area (TPSA) is 81.9 Å². The Kier molecular flexibility index (Phi) is 5.95. The summed E-state index contributed by atoms with van der Waals surface area (Å²) in [7, 11) is 0. The van der Waals surface area contributed by atoms with Crippen LogP contribution in [0.15, 0.2) is 66.9 Å². The van der Waals surface area contributed by atoms with Gasteiger partial charge in [0.05, 0.1) is 16.4 Å². The van der Waals surface area contributed by atoms with E-state index < -0.39 is 5.91 Å². The maximum Gasteiger partial charge on any atom is 0.275 e. The molecule has 4 aromatic rings. The van der Waals surface area contributed by atoms with Crippen LogP contribution in [0.3, 0.4) is 0 Å². The number of nitrogens with one attached hydrogen (secondary N) is 1. The minimum atomic E-state index is -0.421. The van der Waals surface area contributed by atoms with E-state index in [1.807, 2.05) is 44.2 Å². The second-order valence-electron chi connectivity index (χ2n) is 6.93. The number of carbonyl (C=O) groups is 1. The van der Waals surface area contributed by atoms with Gasteiger partial charge in [-0.25, -0.2) is 9.67 Å². The molecule has 7 nitrogen and oxygen atoms in total. The molecular formula is C23H20ClN5O2. The molecule has 4 rings (SSSR count). The van der Waals surface area contributed by atoms with Crippen molar-refractivity contribution in [3.8, 4) is 11.6 Å². The molecule has 0 aliphatic heterocycles. The van der Waals surface area contributed by atoms with Gasteiger partial charge in [-0.05, 0) is 56.3 Å². The SMILES string of the molecule is Cc1cc(C)n(-c2ccc(Cl)c(C(=O)Nc3cccc(OCc4ccccn4)c3)n2)n1. The third kappa shape index (κ3) is 4.90. The maximum atomic E-state index is 12.9. The molecule has 1 amide bonds. The van der Waals surface area contributed by atoms with Crippen LogP contribution in [0.2, 0.25) is 5.02 Å². The Bertz CT molecular complexity index is 1220. The third-order valence-corrected chi connectivity index (χ3v) is 4.78. The highest BCUT2D eigenvalue weighted by atomic mass is 35.5. The van der Waals surface area contributed by atoms with Crippen LogP contribution in [-0.2, 0) is 6.61 Å². The van der Waals surface area contributed by atoms with Crippen LogP contribution in [0.25, 0.3) is 5.82 Å². The van der Waals surface area contributed by atoms with Gasteiger partial charge in [-0.1, -0.05) is 23.7 Å². The Morgan fingerprint density at radius 2 is 1.97 bits per heavy atom. The zero-order valence-electron chi connectivity index (χ0n) is 17.0. The van der Waals surface area contributed by atoms with E-state index in [0.717, 1.165) is 17.1 Å². The smallest absolute Gasteiger partial charge is 0.275 e. The fourth-order valence-corrected chi connectivity index (χ4v) is 3.26. The number of hydrogen-bond donors (Lipinski definition) is 1. The predicted octanol–water partition coefficient (Wildman–Crippen LogP) is 4.76. The minimum absolute atomic E-state index is 0.117. The number of halogens is 1. The number of anilines is 1. The van der Waals surface area contributed by atoms with E-state index in [4.69, 9.17) is 16.3 Å². The molecule has 0 saturated carbocycles. The molecule has 0 atom stereocenters. The normalized spacial score (nSPS) is 10.7. The lowest BCUT2D eigenvalue weighted by molar-refractivity contribution is 0.102. The van der Waals surface area contributed by atoms with Crippen LogP contribution in [0.1, 0.15) is 27.6 Å². The van der Waals surface area contributed by atoms with Gasteiger partial charge in [-0.3, -0.25) is 9.78 Å². The van der Waals surface area contributed by atoms with E-state index >= 15 is 0 Å². The molecule has 8 heteroatoms. The summed E-state index contributed by atoms with van der Waals surface area (Å²) in [6.45, 7) is 4.15. The monoisotopic (exact) mass is 433 g/mol. The molecule has 3 aromatic heterocycles. The first-order chi connectivity index (χ1) is 15.0. The number of pyridine rings is 2. The average molecular weight is 434 g/mol. The molecular weight excluding hydrogens is 414 g/mol. The fraction of sp³-hybridized carbons (Fsp3) is 0.130. The highest BCUT2D eigenvalue weighted by Gasteiger charge is 2.16. The van der Waals surface area contributed by atoms with E-state index in [-0.39, 0.29) is 10.7 Å². The van der Waals surface area contributed by atoms with Crippen LogP contribution in [0.5, 0.6) is 5.75 Å². The second-order valence-corrected chi connectivity index (χ2v) is 7.34. The molecule has 0 radical (unpaired) electrons. The number of ether oxygens (including phenoxy) is 1. The van der Waals surface area contributed by atoms with Crippen molar-refractivity contribution in [3.63, 3.8) is 0 Å². The number of aromatic nitrogens is 4. The number of hydrogen-bond acceptors (Lipinski definition) is 5. The van der Waals surface area contributed by atoms with Crippen molar-refractivity contribution in [2.24, 2.45) is 0 Å². The Hall–Kier alpha value is -3.71. The molecule has 3 heterocycles. The first-order valence-corrected chi connectivity index (χ1v) is 10.0. The van der Waals surface area contributed by atoms with Gasteiger partial charge in [0, 0.05) is 23.6 Å². The summed E-state index contributed by atoms with van der Waals surface area (Å²) in [5, 5.41) is 7.49. The number of nitrogens with zero attached hydrogens (tertiary/aromatic N) is 4. The quantitative estimate of drug-likeness (QED) is 0.474. The molecule has 0 fully saturated rings. The first-order valence-electron chi connectivity index (χ1n) is 9.64. The van der Waals surface area contributed by atoms with E-state index in [2.05, 4.69) is 20.4 Å². The standard InChI is InChI=1S/C23H20ClN5O2/c1-15-12-16(2)29(28-15)21-10-9-20(24)22(27-21)23(30)26-17-7-5-8-19(13-17)31-14-18-6-3-4-11-25-18/h3-13H,14H2,1-2H3,(H,26,30). The van der Waals surface area contributed by atoms with Crippen LogP contribution in [0, 0.1) is 13.8 Å². The molecule has 0 unspecified atom stereocenters. The van der Waals surface area contributed by atoms with Gasteiger partial charge in [0.15, 0.2) is 5.82 Å². The Morgan fingerprint density at radius 1 is 1.10 bits per heavy atom. The van der Waals surface area contributed by atoms with Crippen LogP contribution < -0.4 is 10.1 Å². The second kappa shape index (κ2) is 8.97. The molecule has 156 valence electrons. The lowest BCUT2D eigenvalue weighted by Gasteiger charge is -2.11. The first kappa shape index (κ1) is 20.6. The molecule has 1 N–H and O–H groups in total. The van der Waals surface area contributed by atoms with Gasteiger partial charge >= 0.3 is 0 Å². The maximum absolute atomic E-state index is 12.9. The van der Waals surface area contributed by atoms with Gasteiger partial charge in [0.2, 0.25) is 0 Å². The van der Waals surface area contributed by atoms with Gasteiger partial charge in [-0.2, -0.15) is 5.10 Å². The largest absolute Gasteiger partial charge is 0.487 e. The number of rotatable bonds is 6. The number of benzene rings is 1. The summed E-state index contributed by atoms with van der Waals surface area (Å²) in [5.74, 6) is 0.710. The highest BCUT2D eigenvalue weighted by molar-refractivity contribution is 6.34. The van der Waals surface area contributed by atoms with Crippen molar-refractivity contribution in [1.29, 1.82) is 0 Å². The van der Waals surface area contributed by atoms with Crippen molar-refractivity contribution in [3.05, 3.63) is 94.7 Å². The van der Waals surface area contributed by atoms with E-state index in [0.29, 0.717) is 23.9 Å². The lowest BCUT2D eigenvalue weighted by atomic mass is 10.2. The third-order valence-electron chi connectivity index (χ3n) is 4.48. The summed E-state index contributed by atoms with van der Waals surface area (Å²) < 4.78 is 7.44. The van der Waals surface area contributed by atoms with Crippen molar-refractivity contribution >= 4 is 23.2 Å². The minimum Gasteiger partial charge on any atom is -0.487 e. The lowest BCUT2D eigenvalue weighted by Crippen LogP contribution is -2.16. The number of aryl methyl sites for hydroxylation is 2. The number of amides is 1. The van der Waals surface area contributed by atoms with Crippen molar-refractivity contribution < 1.29 is 9.53 Å². The molecule has 0 bridgehead atoms. The van der Waals surface area contributed by atoms with Gasteiger partial charge in [-0.15, -0.1) is 0 Å². The summed E-state index contributed by atoms with van der Waals surface area (Å²) in [6, 6.07) is 18.1. The van der Waals surface area contributed by atoms with Gasteiger partial charge in [0.1, 0.15) is 18.1 Å². The highest BCUT2D eigenvalue weighted by Crippen LogP contribution is 2.22. The van der Waals surface area contributed by atoms with Gasteiger partial charge in [0.25, 0.3) is 5.91 Å². The molecule has 0 saturated heterocycles. The summed E-state index contributed by atoms with van der Waals surface area (Å²) in [5.41, 5.74) is 3.28.